The summed E-state index contributed by atoms with van der Waals surface area (Å²) in [5.41, 5.74) is 10.0. The van der Waals surface area contributed by atoms with Gasteiger partial charge >= 0.3 is 0 Å². The number of fused-ring (bicyclic) bond motifs is 1. The van der Waals surface area contributed by atoms with E-state index >= 15 is 0 Å². The first-order valence-electron chi connectivity index (χ1n) is 7.34. The van der Waals surface area contributed by atoms with Crippen molar-refractivity contribution in [1.82, 2.24) is 4.98 Å². The van der Waals surface area contributed by atoms with E-state index < -0.39 is 0 Å². The Hall–Kier alpha value is -2.20. The molecule has 3 rings (SSSR count). The Balaban J connectivity index is 1.83. The number of nitrogens with zero attached hydrogens (tertiary/aromatic N) is 1. The first-order chi connectivity index (χ1) is 10.2. The van der Waals surface area contributed by atoms with Gasteiger partial charge in [0.2, 0.25) is 0 Å². The lowest BCUT2D eigenvalue weighted by Crippen LogP contribution is -2.14. The van der Waals surface area contributed by atoms with Crippen LogP contribution in [0.2, 0.25) is 0 Å². The first kappa shape index (κ1) is 13.8. The van der Waals surface area contributed by atoms with Crippen molar-refractivity contribution in [2.24, 2.45) is 5.73 Å². The molecule has 0 spiro atoms. The van der Waals surface area contributed by atoms with Crippen LogP contribution in [0.5, 0.6) is 0 Å². The summed E-state index contributed by atoms with van der Waals surface area (Å²) in [5.74, 6) is -0.0955. The van der Waals surface area contributed by atoms with Gasteiger partial charge in [-0.15, -0.1) is 0 Å². The van der Waals surface area contributed by atoms with Crippen molar-refractivity contribution in [2.45, 2.75) is 31.7 Å². The predicted octanol–water partition coefficient (Wildman–Crippen LogP) is 3.06. The molecule has 21 heavy (non-hydrogen) atoms. The Bertz CT molecular complexity index is 640. The fourth-order valence-electron chi connectivity index (χ4n) is 2.80. The normalized spacial score (nSPS) is 17.7. The number of rotatable bonds is 2. The summed E-state index contributed by atoms with van der Waals surface area (Å²) in [4.78, 5) is 16.2. The number of hydrogen-bond donors (Lipinski definition) is 2. The SMILES string of the molecule is N[C@H]1CCCCc2cc(C(=O)Nc3ccncc3)ccc21. The fourth-order valence-corrected chi connectivity index (χ4v) is 2.80. The van der Waals surface area contributed by atoms with E-state index in [2.05, 4.69) is 10.3 Å². The van der Waals surface area contributed by atoms with Crippen LogP contribution in [0.25, 0.3) is 0 Å². The molecule has 0 aliphatic heterocycles. The van der Waals surface area contributed by atoms with Crippen molar-refractivity contribution in [3.8, 4) is 0 Å². The number of nitrogens with one attached hydrogen (secondary N) is 1. The molecule has 0 saturated carbocycles. The molecule has 1 amide bonds. The van der Waals surface area contributed by atoms with E-state index in [1.807, 2.05) is 18.2 Å². The standard InChI is InChI=1S/C17H19N3O/c18-16-4-2-1-3-12-11-13(5-6-15(12)16)17(21)20-14-7-9-19-10-8-14/h5-11,16H,1-4,18H2,(H,19,20,21)/t16-/m0/s1. The molecule has 0 bridgehead atoms. The number of carbonyl (C=O) groups excluding carboxylic acids is 1. The maximum Gasteiger partial charge on any atom is 0.255 e. The zero-order chi connectivity index (χ0) is 14.7. The lowest BCUT2D eigenvalue weighted by molar-refractivity contribution is 0.102. The summed E-state index contributed by atoms with van der Waals surface area (Å²) < 4.78 is 0. The van der Waals surface area contributed by atoms with Crippen molar-refractivity contribution in [2.75, 3.05) is 5.32 Å². The average Bonchev–Trinajstić information content (AvgIpc) is 2.70. The second-order valence-corrected chi connectivity index (χ2v) is 5.46. The van der Waals surface area contributed by atoms with Gasteiger partial charge in [0.1, 0.15) is 0 Å². The molecule has 1 atom stereocenters. The van der Waals surface area contributed by atoms with Crippen LogP contribution in [0.3, 0.4) is 0 Å². The molecule has 1 aliphatic rings. The van der Waals surface area contributed by atoms with Crippen LogP contribution in [-0.4, -0.2) is 10.9 Å². The van der Waals surface area contributed by atoms with E-state index in [1.54, 1.807) is 24.5 Å². The number of anilines is 1. The van der Waals surface area contributed by atoms with Gasteiger partial charge in [-0.3, -0.25) is 9.78 Å². The number of aromatic nitrogens is 1. The van der Waals surface area contributed by atoms with E-state index in [1.165, 1.54) is 11.1 Å². The molecule has 0 unspecified atom stereocenters. The van der Waals surface area contributed by atoms with E-state index in [-0.39, 0.29) is 11.9 Å². The van der Waals surface area contributed by atoms with Gasteiger partial charge in [-0.2, -0.15) is 0 Å². The monoisotopic (exact) mass is 281 g/mol. The molecule has 0 radical (unpaired) electrons. The van der Waals surface area contributed by atoms with Crippen molar-refractivity contribution in [1.29, 1.82) is 0 Å². The lowest BCUT2D eigenvalue weighted by Gasteiger charge is -2.14. The molecule has 0 saturated heterocycles. The Labute approximate surface area is 124 Å². The Morgan fingerprint density at radius 1 is 1.19 bits per heavy atom. The molecular formula is C17H19N3O. The molecule has 1 aliphatic carbocycles. The molecule has 4 heteroatoms. The Morgan fingerprint density at radius 2 is 2.00 bits per heavy atom. The first-order valence-corrected chi connectivity index (χ1v) is 7.34. The summed E-state index contributed by atoms with van der Waals surface area (Å²) in [6.45, 7) is 0. The molecule has 1 aromatic heterocycles. The van der Waals surface area contributed by atoms with E-state index in [0.29, 0.717) is 5.56 Å². The smallest absolute Gasteiger partial charge is 0.255 e. The van der Waals surface area contributed by atoms with Crippen LogP contribution >= 0.6 is 0 Å². The molecule has 4 nitrogen and oxygen atoms in total. The summed E-state index contributed by atoms with van der Waals surface area (Å²) in [7, 11) is 0. The number of benzene rings is 1. The van der Waals surface area contributed by atoms with Crippen molar-refractivity contribution in [3.05, 3.63) is 59.4 Å². The lowest BCUT2D eigenvalue weighted by atomic mass is 9.97. The number of hydrogen-bond acceptors (Lipinski definition) is 3. The van der Waals surface area contributed by atoms with Gasteiger partial charge in [0.25, 0.3) is 5.91 Å². The van der Waals surface area contributed by atoms with Gasteiger partial charge in [0.05, 0.1) is 0 Å². The van der Waals surface area contributed by atoms with Crippen molar-refractivity contribution >= 4 is 11.6 Å². The van der Waals surface area contributed by atoms with E-state index in [0.717, 1.165) is 31.4 Å². The topological polar surface area (TPSA) is 68.0 Å². The van der Waals surface area contributed by atoms with E-state index in [9.17, 15) is 4.79 Å². The number of aryl methyl sites for hydroxylation is 1. The van der Waals surface area contributed by atoms with Crippen LogP contribution in [0, 0.1) is 0 Å². The van der Waals surface area contributed by atoms with Crippen LogP contribution in [0.1, 0.15) is 46.8 Å². The summed E-state index contributed by atoms with van der Waals surface area (Å²) in [6.07, 6.45) is 7.62. The van der Waals surface area contributed by atoms with Gasteiger partial charge < -0.3 is 11.1 Å². The van der Waals surface area contributed by atoms with Crippen LogP contribution < -0.4 is 11.1 Å². The minimum Gasteiger partial charge on any atom is -0.324 e. The highest BCUT2D eigenvalue weighted by molar-refractivity contribution is 6.04. The predicted molar refractivity (Wildman–Crippen MR) is 83.1 cm³/mol. The summed E-state index contributed by atoms with van der Waals surface area (Å²) >= 11 is 0. The van der Waals surface area contributed by atoms with Crippen LogP contribution in [-0.2, 0) is 6.42 Å². The second kappa shape index (κ2) is 6.06. The largest absolute Gasteiger partial charge is 0.324 e. The highest BCUT2D eigenvalue weighted by Gasteiger charge is 2.17. The number of amides is 1. The van der Waals surface area contributed by atoms with Crippen LogP contribution in [0.4, 0.5) is 5.69 Å². The molecule has 0 fully saturated rings. The molecular weight excluding hydrogens is 262 g/mol. The van der Waals surface area contributed by atoms with Gasteiger partial charge in [-0.1, -0.05) is 12.5 Å². The molecule has 1 aromatic carbocycles. The quantitative estimate of drug-likeness (QED) is 0.831. The highest BCUT2D eigenvalue weighted by atomic mass is 16.1. The fraction of sp³-hybridized carbons (Fsp3) is 0.294. The number of nitrogens with two attached hydrogens (primary N) is 1. The van der Waals surface area contributed by atoms with Gasteiger partial charge in [-0.05, 0) is 54.7 Å². The zero-order valence-corrected chi connectivity index (χ0v) is 11.9. The van der Waals surface area contributed by atoms with Crippen molar-refractivity contribution in [3.63, 3.8) is 0 Å². The number of carbonyl (C=O) groups is 1. The molecule has 108 valence electrons. The summed E-state index contributed by atoms with van der Waals surface area (Å²) in [5, 5.41) is 2.88. The maximum absolute atomic E-state index is 12.3. The second-order valence-electron chi connectivity index (χ2n) is 5.46. The third-order valence-corrected chi connectivity index (χ3v) is 3.95. The van der Waals surface area contributed by atoms with Gasteiger partial charge in [0.15, 0.2) is 0 Å². The third-order valence-electron chi connectivity index (χ3n) is 3.95. The average molecular weight is 281 g/mol. The maximum atomic E-state index is 12.3. The minimum absolute atomic E-state index is 0.0955. The summed E-state index contributed by atoms with van der Waals surface area (Å²) in [6, 6.07) is 9.50. The van der Waals surface area contributed by atoms with E-state index in [4.69, 9.17) is 5.73 Å². The van der Waals surface area contributed by atoms with Gasteiger partial charge in [0, 0.05) is 29.7 Å². The van der Waals surface area contributed by atoms with Crippen molar-refractivity contribution < 1.29 is 4.79 Å². The Morgan fingerprint density at radius 3 is 2.81 bits per heavy atom. The minimum atomic E-state index is -0.0955. The highest BCUT2D eigenvalue weighted by Crippen LogP contribution is 2.27. The number of pyridine rings is 1. The van der Waals surface area contributed by atoms with Gasteiger partial charge in [-0.25, -0.2) is 0 Å². The molecule has 1 heterocycles. The third kappa shape index (κ3) is 3.11. The molecule has 3 N–H and O–H groups in total. The zero-order valence-electron chi connectivity index (χ0n) is 11.9. The Kier molecular flexibility index (Phi) is 3.97. The molecule has 2 aromatic rings. The van der Waals surface area contributed by atoms with Crippen LogP contribution in [0.15, 0.2) is 42.7 Å².